The Morgan fingerprint density at radius 3 is 2.35 bits per heavy atom. The van der Waals surface area contributed by atoms with E-state index in [1.54, 1.807) is 18.2 Å². The first-order valence-corrected chi connectivity index (χ1v) is 7.44. The van der Waals surface area contributed by atoms with Crippen LogP contribution in [0.25, 0.3) is 0 Å². The molecule has 20 heavy (non-hydrogen) atoms. The summed E-state index contributed by atoms with van der Waals surface area (Å²) in [7, 11) is 0. The Morgan fingerprint density at radius 1 is 1.15 bits per heavy atom. The van der Waals surface area contributed by atoms with Crippen molar-refractivity contribution in [3.05, 3.63) is 56.5 Å². The maximum Gasteiger partial charge on any atom is 0.257 e. The van der Waals surface area contributed by atoms with Crippen LogP contribution < -0.4 is 16.6 Å². The molecule has 0 fully saturated rings. The number of hydrogen-bond acceptors (Lipinski definition) is 3. The summed E-state index contributed by atoms with van der Waals surface area (Å²) in [4.78, 5) is 12.3. The molecule has 0 saturated carbocycles. The molecule has 2 rings (SSSR count). The highest BCUT2D eigenvalue weighted by Crippen LogP contribution is 2.33. The third-order valence-corrected chi connectivity index (χ3v) is 4.00. The molecule has 0 bridgehead atoms. The molecule has 0 aromatic heterocycles. The summed E-state index contributed by atoms with van der Waals surface area (Å²) in [5, 5.41) is 2.87. The van der Waals surface area contributed by atoms with Gasteiger partial charge in [0.25, 0.3) is 5.91 Å². The van der Waals surface area contributed by atoms with Crippen LogP contribution in [-0.4, -0.2) is 5.91 Å². The van der Waals surface area contributed by atoms with Crippen LogP contribution >= 0.6 is 31.9 Å². The zero-order chi connectivity index (χ0) is 14.7. The van der Waals surface area contributed by atoms with Gasteiger partial charge in [-0.05, 0) is 68.6 Å². The molecule has 0 heterocycles. The Morgan fingerprint density at radius 2 is 1.75 bits per heavy atom. The first-order valence-electron chi connectivity index (χ1n) is 5.85. The standard InChI is InChI=1S/C14H13Br2N3O/c1-8-6-10(15)13(11(16)7-8)18-14(20)9-4-2-3-5-12(9)19-17/h2-7,19H,17H2,1H3,(H,18,20). The van der Waals surface area contributed by atoms with Crippen LogP contribution in [0.5, 0.6) is 0 Å². The summed E-state index contributed by atoms with van der Waals surface area (Å²) in [5.74, 6) is 5.18. The Bertz CT molecular complexity index is 636. The predicted molar refractivity (Wildman–Crippen MR) is 88.8 cm³/mol. The van der Waals surface area contributed by atoms with E-state index in [-0.39, 0.29) is 5.91 Å². The Hall–Kier alpha value is -1.37. The molecule has 0 aliphatic heterocycles. The van der Waals surface area contributed by atoms with Gasteiger partial charge in [-0.25, -0.2) is 0 Å². The number of nitrogens with two attached hydrogens (primary N) is 1. The topological polar surface area (TPSA) is 67.2 Å². The third-order valence-electron chi connectivity index (χ3n) is 2.75. The normalized spacial score (nSPS) is 10.2. The fraction of sp³-hybridized carbons (Fsp3) is 0.0714. The van der Waals surface area contributed by atoms with Crippen molar-refractivity contribution in [1.29, 1.82) is 0 Å². The predicted octanol–water partition coefficient (Wildman–Crippen LogP) is 4.06. The quantitative estimate of drug-likeness (QED) is 0.539. The van der Waals surface area contributed by atoms with Crippen molar-refractivity contribution < 1.29 is 4.79 Å². The lowest BCUT2D eigenvalue weighted by Crippen LogP contribution is -2.17. The lowest BCUT2D eigenvalue weighted by atomic mass is 10.1. The minimum absolute atomic E-state index is 0.233. The number of aryl methyl sites for hydroxylation is 1. The van der Waals surface area contributed by atoms with Crippen LogP contribution in [0.15, 0.2) is 45.3 Å². The van der Waals surface area contributed by atoms with E-state index < -0.39 is 0 Å². The highest BCUT2D eigenvalue weighted by Gasteiger charge is 2.14. The van der Waals surface area contributed by atoms with Crippen molar-refractivity contribution in [2.24, 2.45) is 5.84 Å². The van der Waals surface area contributed by atoms with Crippen LogP contribution in [-0.2, 0) is 0 Å². The molecule has 0 radical (unpaired) electrons. The molecule has 104 valence electrons. The summed E-state index contributed by atoms with van der Waals surface area (Å²) in [6.07, 6.45) is 0. The van der Waals surface area contributed by atoms with Crippen molar-refractivity contribution in [2.75, 3.05) is 10.7 Å². The number of carbonyl (C=O) groups is 1. The molecule has 4 nitrogen and oxygen atoms in total. The highest BCUT2D eigenvalue weighted by molar-refractivity contribution is 9.11. The van der Waals surface area contributed by atoms with E-state index in [0.717, 1.165) is 14.5 Å². The molecule has 0 saturated heterocycles. The second-order valence-corrected chi connectivity index (χ2v) is 5.96. The number of nitrogen functional groups attached to an aromatic ring is 1. The number of rotatable bonds is 3. The smallest absolute Gasteiger partial charge is 0.257 e. The minimum atomic E-state index is -0.233. The van der Waals surface area contributed by atoms with Crippen LogP contribution in [0, 0.1) is 6.92 Å². The number of amides is 1. The maximum absolute atomic E-state index is 12.3. The molecule has 0 atom stereocenters. The first kappa shape index (κ1) is 15.0. The number of anilines is 2. The average molecular weight is 399 g/mol. The van der Waals surface area contributed by atoms with Gasteiger partial charge in [0.05, 0.1) is 16.9 Å². The second kappa shape index (κ2) is 6.39. The molecule has 2 aromatic carbocycles. The zero-order valence-corrected chi connectivity index (χ0v) is 13.9. The highest BCUT2D eigenvalue weighted by atomic mass is 79.9. The number of hydrogen-bond donors (Lipinski definition) is 3. The largest absolute Gasteiger partial charge is 0.323 e. The van der Waals surface area contributed by atoms with Crippen LogP contribution in [0.2, 0.25) is 0 Å². The monoisotopic (exact) mass is 397 g/mol. The van der Waals surface area contributed by atoms with Crippen molar-refractivity contribution >= 4 is 49.1 Å². The molecule has 0 unspecified atom stereocenters. The van der Waals surface area contributed by atoms with Crippen molar-refractivity contribution in [1.82, 2.24) is 0 Å². The van der Waals surface area contributed by atoms with Crippen LogP contribution in [0.3, 0.4) is 0 Å². The fourth-order valence-electron chi connectivity index (χ4n) is 1.81. The average Bonchev–Trinajstić information content (AvgIpc) is 2.42. The maximum atomic E-state index is 12.3. The molecule has 6 heteroatoms. The van der Waals surface area contributed by atoms with Gasteiger partial charge < -0.3 is 10.7 Å². The van der Waals surface area contributed by atoms with Gasteiger partial charge in [0.2, 0.25) is 0 Å². The van der Waals surface area contributed by atoms with Gasteiger partial charge in [-0.3, -0.25) is 10.6 Å². The van der Waals surface area contributed by atoms with Gasteiger partial charge in [0.15, 0.2) is 0 Å². The van der Waals surface area contributed by atoms with E-state index in [0.29, 0.717) is 16.9 Å². The van der Waals surface area contributed by atoms with Gasteiger partial charge in [0.1, 0.15) is 0 Å². The van der Waals surface area contributed by atoms with Gasteiger partial charge in [-0.1, -0.05) is 12.1 Å². The number of nitrogens with one attached hydrogen (secondary N) is 2. The van der Waals surface area contributed by atoms with Gasteiger partial charge in [-0.2, -0.15) is 0 Å². The van der Waals surface area contributed by atoms with Gasteiger partial charge in [0, 0.05) is 8.95 Å². The molecule has 1 amide bonds. The third kappa shape index (κ3) is 3.20. The Labute approximate surface area is 134 Å². The lowest BCUT2D eigenvalue weighted by Gasteiger charge is -2.12. The molecule has 0 aliphatic carbocycles. The van der Waals surface area contributed by atoms with Crippen molar-refractivity contribution in [2.45, 2.75) is 6.92 Å². The van der Waals surface area contributed by atoms with E-state index in [1.165, 1.54) is 0 Å². The summed E-state index contributed by atoms with van der Waals surface area (Å²) >= 11 is 6.90. The number of hydrazine groups is 1. The summed E-state index contributed by atoms with van der Waals surface area (Å²) in [6.45, 7) is 1.98. The Kier molecular flexibility index (Phi) is 4.80. The van der Waals surface area contributed by atoms with Crippen molar-refractivity contribution in [3.63, 3.8) is 0 Å². The molecule has 0 spiro atoms. The number of carbonyl (C=O) groups excluding carboxylic acids is 1. The van der Waals surface area contributed by atoms with E-state index in [2.05, 4.69) is 42.6 Å². The number of benzene rings is 2. The summed E-state index contributed by atoms with van der Waals surface area (Å²) in [5.41, 5.74) is 5.35. The summed E-state index contributed by atoms with van der Waals surface area (Å²) in [6, 6.07) is 10.9. The molecular formula is C14H13Br2N3O. The fourth-order valence-corrected chi connectivity index (χ4v) is 3.42. The van der Waals surface area contributed by atoms with Crippen LogP contribution in [0.4, 0.5) is 11.4 Å². The zero-order valence-electron chi connectivity index (χ0n) is 10.7. The first-order chi connectivity index (χ1) is 9.52. The second-order valence-electron chi connectivity index (χ2n) is 4.25. The molecule has 4 N–H and O–H groups in total. The van der Waals surface area contributed by atoms with Gasteiger partial charge in [-0.15, -0.1) is 0 Å². The SMILES string of the molecule is Cc1cc(Br)c(NC(=O)c2ccccc2NN)c(Br)c1. The molecule has 0 aliphatic rings. The van der Waals surface area contributed by atoms with E-state index in [1.807, 2.05) is 25.1 Å². The molecule has 2 aromatic rings. The number of halogens is 2. The molecular weight excluding hydrogens is 386 g/mol. The van der Waals surface area contributed by atoms with E-state index in [4.69, 9.17) is 5.84 Å². The summed E-state index contributed by atoms with van der Waals surface area (Å²) < 4.78 is 1.63. The van der Waals surface area contributed by atoms with Crippen molar-refractivity contribution in [3.8, 4) is 0 Å². The van der Waals surface area contributed by atoms with Crippen LogP contribution in [0.1, 0.15) is 15.9 Å². The Balaban J connectivity index is 2.33. The number of para-hydroxylation sites is 1. The van der Waals surface area contributed by atoms with Gasteiger partial charge >= 0.3 is 0 Å². The van der Waals surface area contributed by atoms with E-state index >= 15 is 0 Å². The minimum Gasteiger partial charge on any atom is -0.323 e. The van der Waals surface area contributed by atoms with E-state index in [9.17, 15) is 4.79 Å². The lowest BCUT2D eigenvalue weighted by molar-refractivity contribution is 0.102.